The quantitative estimate of drug-likeness (QED) is 0.829. The summed E-state index contributed by atoms with van der Waals surface area (Å²) in [5.41, 5.74) is 0.952. The van der Waals surface area contributed by atoms with E-state index in [1.165, 1.54) is 5.56 Å². The Morgan fingerprint density at radius 1 is 0.900 bits per heavy atom. The SMILES string of the molecule is CCC(Cc1ccccc1)(C1OC(C)O1)C1OC(C)O1. The molecule has 4 nitrogen and oxygen atoms in total. The Morgan fingerprint density at radius 2 is 1.40 bits per heavy atom. The molecule has 0 spiro atoms. The second kappa shape index (κ2) is 5.45. The van der Waals surface area contributed by atoms with Crippen molar-refractivity contribution in [3.8, 4) is 0 Å². The first-order chi connectivity index (χ1) is 9.64. The fraction of sp³-hybridized carbons (Fsp3) is 0.625. The predicted octanol–water partition coefficient (Wildman–Crippen LogP) is 3.06. The van der Waals surface area contributed by atoms with E-state index in [0.29, 0.717) is 0 Å². The Labute approximate surface area is 120 Å². The van der Waals surface area contributed by atoms with Crippen LogP contribution in [0.3, 0.4) is 0 Å². The van der Waals surface area contributed by atoms with Crippen molar-refractivity contribution in [2.45, 2.75) is 58.8 Å². The molecule has 2 fully saturated rings. The monoisotopic (exact) mass is 278 g/mol. The molecular formula is C16H22O4. The van der Waals surface area contributed by atoms with Gasteiger partial charge in [-0.05, 0) is 32.3 Å². The highest BCUT2D eigenvalue weighted by atomic mass is 16.9. The van der Waals surface area contributed by atoms with Crippen LogP contribution in [0.15, 0.2) is 30.3 Å². The van der Waals surface area contributed by atoms with Gasteiger partial charge in [0.25, 0.3) is 0 Å². The van der Waals surface area contributed by atoms with Crippen molar-refractivity contribution in [1.82, 2.24) is 0 Å². The summed E-state index contributed by atoms with van der Waals surface area (Å²) in [7, 11) is 0. The van der Waals surface area contributed by atoms with E-state index in [0.717, 1.165) is 12.8 Å². The first-order valence-corrected chi connectivity index (χ1v) is 7.30. The summed E-state index contributed by atoms with van der Waals surface area (Å²) < 4.78 is 23.1. The highest BCUT2D eigenvalue weighted by Gasteiger charge is 2.56. The molecule has 0 N–H and O–H groups in total. The smallest absolute Gasteiger partial charge is 0.174 e. The van der Waals surface area contributed by atoms with Gasteiger partial charge in [0.2, 0.25) is 0 Å². The predicted molar refractivity (Wildman–Crippen MR) is 73.7 cm³/mol. The van der Waals surface area contributed by atoms with Crippen molar-refractivity contribution in [2.24, 2.45) is 5.41 Å². The van der Waals surface area contributed by atoms with Gasteiger partial charge in [0.15, 0.2) is 25.2 Å². The zero-order valence-electron chi connectivity index (χ0n) is 12.2. The maximum absolute atomic E-state index is 5.78. The third kappa shape index (κ3) is 2.37. The van der Waals surface area contributed by atoms with Crippen LogP contribution < -0.4 is 0 Å². The molecule has 2 aliphatic heterocycles. The number of rotatable bonds is 5. The number of hydrogen-bond donors (Lipinski definition) is 0. The normalized spacial score (nSPS) is 35.8. The van der Waals surface area contributed by atoms with Crippen molar-refractivity contribution >= 4 is 0 Å². The Bertz CT molecular complexity index is 417. The summed E-state index contributed by atoms with van der Waals surface area (Å²) in [4.78, 5) is 0. The Kier molecular flexibility index (Phi) is 3.82. The van der Waals surface area contributed by atoms with Crippen LogP contribution in [0.25, 0.3) is 0 Å². The minimum atomic E-state index is -0.291. The Hall–Kier alpha value is -0.940. The summed E-state index contributed by atoms with van der Waals surface area (Å²) >= 11 is 0. The minimum absolute atomic E-state index is 0.140. The van der Waals surface area contributed by atoms with Gasteiger partial charge < -0.3 is 18.9 Å². The molecule has 2 saturated heterocycles. The molecule has 3 rings (SSSR count). The van der Waals surface area contributed by atoms with Crippen molar-refractivity contribution in [1.29, 1.82) is 0 Å². The van der Waals surface area contributed by atoms with Gasteiger partial charge in [-0.1, -0.05) is 37.3 Å². The molecule has 0 bridgehead atoms. The molecule has 0 amide bonds. The van der Waals surface area contributed by atoms with Crippen LogP contribution in [0.1, 0.15) is 32.8 Å². The molecule has 0 atom stereocenters. The summed E-state index contributed by atoms with van der Waals surface area (Å²) in [6.07, 6.45) is 0.884. The highest BCUT2D eigenvalue weighted by molar-refractivity contribution is 5.17. The zero-order valence-corrected chi connectivity index (χ0v) is 12.2. The molecule has 4 heteroatoms. The van der Waals surface area contributed by atoms with E-state index >= 15 is 0 Å². The van der Waals surface area contributed by atoms with Gasteiger partial charge in [0.05, 0.1) is 5.41 Å². The van der Waals surface area contributed by atoms with E-state index < -0.39 is 0 Å². The van der Waals surface area contributed by atoms with Gasteiger partial charge in [0.1, 0.15) is 0 Å². The van der Waals surface area contributed by atoms with Gasteiger partial charge in [-0.2, -0.15) is 0 Å². The maximum Gasteiger partial charge on any atom is 0.174 e. The van der Waals surface area contributed by atoms with E-state index in [4.69, 9.17) is 18.9 Å². The molecule has 0 saturated carbocycles. The molecule has 1 aromatic rings. The standard InChI is InChI=1S/C16H22O4/c1-4-16(14-17-11(2)18-14,15-19-12(3)20-15)10-13-8-6-5-7-9-13/h5-9,11-12,14-15H,4,10H2,1-3H3. The Morgan fingerprint density at radius 3 is 1.80 bits per heavy atom. The molecule has 0 aromatic heterocycles. The van der Waals surface area contributed by atoms with Crippen LogP contribution in [-0.4, -0.2) is 25.2 Å². The third-order valence-electron chi connectivity index (χ3n) is 4.23. The van der Waals surface area contributed by atoms with Crippen molar-refractivity contribution < 1.29 is 18.9 Å². The van der Waals surface area contributed by atoms with Crippen LogP contribution in [0.2, 0.25) is 0 Å². The molecule has 0 unspecified atom stereocenters. The number of benzene rings is 1. The van der Waals surface area contributed by atoms with Crippen molar-refractivity contribution in [3.05, 3.63) is 35.9 Å². The molecule has 2 heterocycles. The fourth-order valence-corrected chi connectivity index (χ4v) is 2.97. The summed E-state index contributed by atoms with van der Waals surface area (Å²) in [6, 6.07) is 10.4. The fourth-order valence-electron chi connectivity index (χ4n) is 2.97. The van der Waals surface area contributed by atoms with Crippen molar-refractivity contribution in [3.63, 3.8) is 0 Å². The molecule has 20 heavy (non-hydrogen) atoms. The van der Waals surface area contributed by atoms with Crippen LogP contribution in [0.4, 0.5) is 0 Å². The minimum Gasteiger partial charge on any atom is -0.323 e. The van der Waals surface area contributed by atoms with Gasteiger partial charge >= 0.3 is 0 Å². The molecule has 1 aromatic carbocycles. The summed E-state index contributed by atoms with van der Waals surface area (Å²) in [5, 5.41) is 0. The van der Waals surface area contributed by atoms with E-state index in [9.17, 15) is 0 Å². The lowest BCUT2D eigenvalue weighted by Crippen LogP contribution is -2.62. The first-order valence-electron chi connectivity index (χ1n) is 7.30. The van der Waals surface area contributed by atoms with E-state index in [-0.39, 0.29) is 30.6 Å². The van der Waals surface area contributed by atoms with E-state index in [1.54, 1.807) is 0 Å². The molecular weight excluding hydrogens is 256 g/mol. The maximum atomic E-state index is 5.78. The van der Waals surface area contributed by atoms with Crippen LogP contribution >= 0.6 is 0 Å². The van der Waals surface area contributed by atoms with Gasteiger partial charge in [-0.15, -0.1) is 0 Å². The van der Waals surface area contributed by atoms with Crippen molar-refractivity contribution in [2.75, 3.05) is 0 Å². The topological polar surface area (TPSA) is 36.9 Å². The summed E-state index contributed by atoms with van der Waals surface area (Å²) in [5.74, 6) is 0. The van der Waals surface area contributed by atoms with Gasteiger partial charge in [0, 0.05) is 0 Å². The largest absolute Gasteiger partial charge is 0.323 e. The molecule has 0 radical (unpaired) electrons. The second-order valence-electron chi connectivity index (χ2n) is 5.59. The lowest BCUT2D eigenvalue weighted by molar-refractivity contribution is -0.481. The zero-order chi connectivity index (χ0) is 14.2. The third-order valence-corrected chi connectivity index (χ3v) is 4.23. The average Bonchev–Trinajstić information content (AvgIpc) is 2.40. The lowest BCUT2D eigenvalue weighted by atomic mass is 9.76. The van der Waals surface area contributed by atoms with Crippen LogP contribution in [0.5, 0.6) is 0 Å². The Balaban J connectivity index is 1.82. The number of hydrogen-bond acceptors (Lipinski definition) is 4. The molecule has 110 valence electrons. The number of ether oxygens (including phenoxy) is 4. The highest BCUT2D eigenvalue weighted by Crippen LogP contribution is 2.47. The average molecular weight is 278 g/mol. The van der Waals surface area contributed by atoms with E-state index in [2.05, 4.69) is 19.1 Å². The second-order valence-corrected chi connectivity index (χ2v) is 5.59. The van der Waals surface area contributed by atoms with Gasteiger partial charge in [-0.3, -0.25) is 0 Å². The first kappa shape index (κ1) is 14.0. The lowest BCUT2D eigenvalue weighted by Gasteiger charge is -2.54. The van der Waals surface area contributed by atoms with Crippen LogP contribution in [0, 0.1) is 5.41 Å². The van der Waals surface area contributed by atoms with E-state index in [1.807, 2.05) is 32.0 Å². The molecule has 2 aliphatic rings. The van der Waals surface area contributed by atoms with Crippen LogP contribution in [-0.2, 0) is 25.4 Å². The molecule has 0 aliphatic carbocycles. The van der Waals surface area contributed by atoms with Gasteiger partial charge in [-0.25, -0.2) is 0 Å². The summed E-state index contributed by atoms with van der Waals surface area (Å²) in [6.45, 7) is 5.95.